The average molecular weight is 274 g/mol. The van der Waals surface area contributed by atoms with Crippen LogP contribution in [0.1, 0.15) is 5.56 Å². The number of oxime groups is 1. The second-order valence-corrected chi connectivity index (χ2v) is 3.98. The molecule has 0 bridgehead atoms. The van der Waals surface area contributed by atoms with Crippen LogP contribution >= 0.6 is 0 Å². The molecule has 2 aromatic rings. The molecule has 0 fully saturated rings. The number of ether oxygens (including phenoxy) is 2. The van der Waals surface area contributed by atoms with Crippen LogP contribution in [0, 0.1) is 0 Å². The number of fused-ring (bicyclic) bond motifs is 1. The predicted octanol–water partition coefficient (Wildman–Crippen LogP) is 2.07. The van der Waals surface area contributed by atoms with E-state index in [1.807, 2.05) is 18.2 Å². The maximum absolute atomic E-state index is 11.8. The summed E-state index contributed by atoms with van der Waals surface area (Å²) < 4.78 is 11.3. The van der Waals surface area contributed by atoms with Crippen molar-refractivity contribution in [2.75, 3.05) is 14.2 Å². The molecular formula is C14H14N2O4. The third-order valence-corrected chi connectivity index (χ3v) is 2.81. The molecule has 1 heterocycles. The molecule has 1 aromatic carbocycles. The van der Waals surface area contributed by atoms with Gasteiger partial charge in [-0.05, 0) is 23.1 Å². The Balaban J connectivity index is 2.60. The Kier molecular flexibility index (Phi) is 4.05. The van der Waals surface area contributed by atoms with Crippen molar-refractivity contribution in [3.63, 3.8) is 0 Å². The number of methoxy groups -OCH3 is 2. The Hall–Kier alpha value is -2.76. The maximum Gasteiger partial charge on any atom is 0.358 e. The summed E-state index contributed by atoms with van der Waals surface area (Å²) in [7, 11) is 2.76. The number of hydrogen-bond donors (Lipinski definition) is 1. The lowest BCUT2D eigenvalue weighted by molar-refractivity contribution is -0.134. The average Bonchev–Trinajstić information content (AvgIpc) is 2.87. The van der Waals surface area contributed by atoms with Crippen molar-refractivity contribution < 1.29 is 19.5 Å². The van der Waals surface area contributed by atoms with Crippen molar-refractivity contribution in [2.24, 2.45) is 5.16 Å². The lowest BCUT2D eigenvalue weighted by Crippen LogP contribution is -2.10. The predicted molar refractivity (Wildman–Crippen MR) is 74.6 cm³/mol. The van der Waals surface area contributed by atoms with Crippen LogP contribution in [-0.4, -0.2) is 36.2 Å². The van der Waals surface area contributed by atoms with Crippen molar-refractivity contribution in [2.45, 2.75) is 0 Å². The van der Waals surface area contributed by atoms with E-state index in [9.17, 15) is 4.79 Å². The Labute approximate surface area is 115 Å². The van der Waals surface area contributed by atoms with E-state index in [0.29, 0.717) is 5.56 Å². The van der Waals surface area contributed by atoms with Gasteiger partial charge in [-0.3, -0.25) is 0 Å². The maximum atomic E-state index is 11.8. The van der Waals surface area contributed by atoms with E-state index in [1.165, 1.54) is 26.7 Å². The van der Waals surface area contributed by atoms with Gasteiger partial charge in [0.05, 0.1) is 26.0 Å². The standard InChI is InChI=1S/C14H14N2O4/c1-19-9-13(14(17)20-2)16-6-5-11-4-3-10(8-15-18)7-12(11)16/h3-9,18H,1-2H3/b13-9-,15-8+. The molecule has 0 aliphatic rings. The molecule has 0 radical (unpaired) electrons. The summed E-state index contributed by atoms with van der Waals surface area (Å²) in [6.07, 6.45) is 4.37. The summed E-state index contributed by atoms with van der Waals surface area (Å²) in [5.74, 6) is -0.509. The van der Waals surface area contributed by atoms with Crippen LogP contribution in [0.4, 0.5) is 0 Å². The molecule has 0 saturated heterocycles. The highest BCUT2D eigenvalue weighted by Gasteiger charge is 2.15. The minimum Gasteiger partial charge on any atom is -0.502 e. The van der Waals surface area contributed by atoms with E-state index in [4.69, 9.17) is 14.7 Å². The van der Waals surface area contributed by atoms with Gasteiger partial charge in [-0.2, -0.15) is 0 Å². The summed E-state index contributed by atoms with van der Waals surface area (Å²) in [5, 5.41) is 12.5. The van der Waals surface area contributed by atoms with Crippen LogP contribution in [0.3, 0.4) is 0 Å². The molecule has 6 nitrogen and oxygen atoms in total. The lowest BCUT2D eigenvalue weighted by atomic mass is 10.2. The summed E-state index contributed by atoms with van der Waals surface area (Å²) in [4.78, 5) is 11.8. The van der Waals surface area contributed by atoms with Crippen molar-refractivity contribution in [1.82, 2.24) is 4.57 Å². The van der Waals surface area contributed by atoms with Crippen LogP contribution in [0.5, 0.6) is 0 Å². The van der Waals surface area contributed by atoms with E-state index in [2.05, 4.69) is 5.16 Å². The minimum absolute atomic E-state index is 0.253. The van der Waals surface area contributed by atoms with Gasteiger partial charge in [-0.25, -0.2) is 4.79 Å². The summed E-state index contributed by atoms with van der Waals surface area (Å²) >= 11 is 0. The molecule has 2 rings (SSSR count). The Morgan fingerprint density at radius 2 is 2.15 bits per heavy atom. The molecule has 0 saturated carbocycles. The van der Waals surface area contributed by atoms with E-state index >= 15 is 0 Å². The van der Waals surface area contributed by atoms with Gasteiger partial charge in [0.2, 0.25) is 0 Å². The molecule has 0 aliphatic heterocycles. The number of nitrogens with zero attached hydrogens (tertiary/aromatic N) is 2. The first-order chi connectivity index (χ1) is 9.71. The van der Waals surface area contributed by atoms with Gasteiger partial charge >= 0.3 is 5.97 Å². The zero-order valence-corrected chi connectivity index (χ0v) is 11.1. The highest BCUT2D eigenvalue weighted by molar-refractivity contribution is 6.11. The number of hydrogen-bond acceptors (Lipinski definition) is 5. The molecule has 0 unspecified atom stereocenters. The van der Waals surface area contributed by atoms with E-state index in [0.717, 1.165) is 10.9 Å². The SMILES string of the molecule is CO/C=C(/C(=O)OC)n1ccc2ccc(/C=N/O)cc21. The quantitative estimate of drug-likeness (QED) is 0.231. The lowest BCUT2D eigenvalue weighted by Gasteiger charge is -2.08. The third-order valence-electron chi connectivity index (χ3n) is 2.81. The minimum atomic E-state index is -0.509. The van der Waals surface area contributed by atoms with E-state index in [-0.39, 0.29) is 5.70 Å². The largest absolute Gasteiger partial charge is 0.502 e. The fourth-order valence-electron chi connectivity index (χ4n) is 1.92. The number of rotatable bonds is 4. The van der Waals surface area contributed by atoms with Crippen molar-refractivity contribution in [1.29, 1.82) is 0 Å². The van der Waals surface area contributed by atoms with Crippen LogP contribution in [-0.2, 0) is 14.3 Å². The molecule has 20 heavy (non-hydrogen) atoms. The van der Waals surface area contributed by atoms with Crippen molar-refractivity contribution in [3.8, 4) is 0 Å². The summed E-state index contributed by atoms with van der Waals surface area (Å²) in [6.45, 7) is 0. The molecule has 0 spiro atoms. The zero-order chi connectivity index (χ0) is 14.5. The summed E-state index contributed by atoms with van der Waals surface area (Å²) in [5.41, 5.74) is 1.74. The van der Waals surface area contributed by atoms with Crippen LogP contribution in [0.15, 0.2) is 41.9 Å². The second-order valence-electron chi connectivity index (χ2n) is 3.98. The van der Waals surface area contributed by atoms with Gasteiger partial charge in [0.15, 0.2) is 5.70 Å². The molecule has 6 heteroatoms. The number of esters is 1. The monoisotopic (exact) mass is 274 g/mol. The third kappa shape index (κ3) is 2.49. The Morgan fingerprint density at radius 3 is 2.80 bits per heavy atom. The molecule has 1 N–H and O–H groups in total. The fraction of sp³-hybridized carbons (Fsp3) is 0.143. The fourth-order valence-corrected chi connectivity index (χ4v) is 1.92. The topological polar surface area (TPSA) is 73.0 Å². The van der Waals surface area contributed by atoms with Gasteiger partial charge in [0, 0.05) is 6.20 Å². The smallest absolute Gasteiger partial charge is 0.358 e. The Bertz CT molecular complexity index is 686. The zero-order valence-electron chi connectivity index (χ0n) is 11.1. The van der Waals surface area contributed by atoms with E-state index in [1.54, 1.807) is 16.8 Å². The van der Waals surface area contributed by atoms with Gasteiger partial charge in [0.1, 0.15) is 6.26 Å². The first-order valence-electron chi connectivity index (χ1n) is 5.81. The number of carbonyl (C=O) groups excluding carboxylic acids is 1. The van der Waals surface area contributed by atoms with Crippen LogP contribution in [0.2, 0.25) is 0 Å². The van der Waals surface area contributed by atoms with Crippen LogP contribution in [0.25, 0.3) is 16.6 Å². The second kappa shape index (κ2) is 5.92. The number of carbonyl (C=O) groups is 1. The van der Waals surface area contributed by atoms with Gasteiger partial charge in [-0.1, -0.05) is 17.3 Å². The van der Waals surface area contributed by atoms with Gasteiger partial charge in [-0.15, -0.1) is 0 Å². The number of aromatic nitrogens is 1. The van der Waals surface area contributed by atoms with Gasteiger partial charge in [0.25, 0.3) is 0 Å². The van der Waals surface area contributed by atoms with Gasteiger partial charge < -0.3 is 19.2 Å². The van der Waals surface area contributed by atoms with Crippen molar-refractivity contribution in [3.05, 3.63) is 42.3 Å². The first kappa shape index (κ1) is 13.7. The number of benzene rings is 1. The molecule has 104 valence electrons. The van der Waals surface area contributed by atoms with Crippen molar-refractivity contribution >= 4 is 28.8 Å². The highest BCUT2D eigenvalue weighted by atomic mass is 16.5. The Morgan fingerprint density at radius 1 is 1.35 bits per heavy atom. The highest BCUT2D eigenvalue weighted by Crippen LogP contribution is 2.21. The molecule has 0 atom stereocenters. The van der Waals surface area contributed by atoms with E-state index < -0.39 is 5.97 Å². The molecule has 0 amide bonds. The summed E-state index contributed by atoms with van der Waals surface area (Å²) in [6, 6.07) is 7.33. The molecular weight excluding hydrogens is 260 g/mol. The normalized spacial score (nSPS) is 12.0. The van der Waals surface area contributed by atoms with Crippen LogP contribution < -0.4 is 0 Å². The molecule has 0 aliphatic carbocycles. The first-order valence-corrected chi connectivity index (χ1v) is 5.81. The molecule has 1 aromatic heterocycles.